The molecule has 1 N–H and O–H groups in total. The first-order valence-electron chi connectivity index (χ1n) is 13.0. The Balaban J connectivity index is 1.34. The fourth-order valence-corrected chi connectivity index (χ4v) is 6.12. The maximum absolute atomic E-state index is 14.9. The summed E-state index contributed by atoms with van der Waals surface area (Å²) in [6.07, 6.45) is 3.00. The van der Waals surface area contributed by atoms with Gasteiger partial charge in [0.05, 0.1) is 36.7 Å². The minimum absolute atomic E-state index is 0.172. The summed E-state index contributed by atoms with van der Waals surface area (Å²) in [5, 5.41) is 3.38. The molecule has 0 radical (unpaired) electrons. The van der Waals surface area contributed by atoms with Crippen molar-refractivity contribution in [2.45, 2.75) is 69.7 Å². The normalized spacial score (nSPS) is 28.6. The van der Waals surface area contributed by atoms with Crippen LogP contribution in [0.5, 0.6) is 0 Å². The van der Waals surface area contributed by atoms with Gasteiger partial charge < -0.3 is 24.6 Å². The number of alkyl halides is 2. The number of hydrogen-bond acceptors (Lipinski definition) is 6. The molecule has 7 nitrogen and oxygen atoms in total. The summed E-state index contributed by atoms with van der Waals surface area (Å²) in [5.74, 6) is -3.40. The first kappa shape index (κ1) is 23.6. The summed E-state index contributed by atoms with van der Waals surface area (Å²) in [6, 6.07) is 10.1. The molecule has 1 amide bonds. The van der Waals surface area contributed by atoms with Crippen LogP contribution in [0.2, 0.25) is 0 Å². The molecule has 1 saturated carbocycles. The lowest BCUT2D eigenvalue weighted by Gasteiger charge is -2.46. The number of aromatic nitrogens is 1. The third kappa shape index (κ3) is 4.22. The molecule has 9 heteroatoms. The summed E-state index contributed by atoms with van der Waals surface area (Å²) < 4.78 is 41.0. The zero-order valence-corrected chi connectivity index (χ0v) is 20.5. The summed E-state index contributed by atoms with van der Waals surface area (Å²) in [5.41, 5.74) is 3.32. The van der Waals surface area contributed by atoms with E-state index in [1.165, 1.54) is 0 Å². The highest BCUT2D eigenvalue weighted by atomic mass is 19.3. The van der Waals surface area contributed by atoms with E-state index in [1.54, 1.807) is 18.0 Å². The van der Waals surface area contributed by atoms with E-state index in [0.29, 0.717) is 30.6 Å². The molecule has 36 heavy (non-hydrogen) atoms. The van der Waals surface area contributed by atoms with Crippen molar-refractivity contribution in [1.29, 1.82) is 0 Å². The zero-order valence-electron chi connectivity index (χ0n) is 20.5. The van der Waals surface area contributed by atoms with Crippen molar-refractivity contribution in [3.63, 3.8) is 0 Å². The molecule has 0 unspecified atom stereocenters. The summed E-state index contributed by atoms with van der Waals surface area (Å²) >= 11 is 0. The monoisotopic (exact) mass is 498 g/mol. The van der Waals surface area contributed by atoms with Crippen molar-refractivity contribution in [3.05, 3.63) is 42.1 Å². The summed E-state index contributed by atoms with van der Waals surface area (Å²) in [6.45, 7) is 3.76. The molecule has 5 aliphatic rings. The van der Waals surface area contributed by atoms with Crippen LogP contribution in [0.15, 0.2) is 36.5 Å². The largest absolute Gasteiger partial charge is 0.374 e. The van der Waals surface area contributed by atoms with Gasteiger partial charge in [-0.1, -0.05) is 6.07 Å². The number of nitrogens with zero attached hydrogens (tertiary/aromatic N) is 3. The predicted molar refractivity (Wildman–Crippen MR) is 133 cm³/mol. The number of fused-ring (bicyclic) bond motifs is 5. The standard InChI is InChI=1S/C27H32F2N4O3/c1-2-35-24-10-5-17(13-27(24,28)29)26(34)33-14-18-4-3-11-30-25(18)31-22-9-7-19(12-23(22)33)32-15-21-8-6-20(32)16-36-21/h3-4,7,9,11-12,17,20-21,24H,2,5-6,8,10,13-16H2,1H3,(H,30,31)/t17-,20+,21-,24-/m0/s1. The van der Waals surface area contributed by atoms with Crippen molar-refractivity contribution in [2.75, 3.05) is 34.9 Å². The lowest BCUT2D eigenvalue weighted by molar-refractivity contribution is -0.170. The van der Waals surface area contributed by atoms with Crippen molar-refractivity contribution >= 4 is 28.8 Å². The molecule has 2 bridgehead atoms. The number of amides is 1. The van der Waals surface area contributed by atoms with Gasteiger partial charge in [0.15, 0.2) is 0 Å². The van der Waals surface area contributed by atoms with Crippen LogP contribution in [0.25, 0.3) is 0 Å². The average Bonchev–Trinajstić information content (AvgIpc) is 3.06. The van der Waals surface area contributed by atoms with Gasteiger partial charge in [-0.25, -0.2) is 13.8 Å². The van der Waals surface area contributed by atoms with Gasteiger partial charge in [0.25, 0.3) is 5.92 Å². The highest BCUT2D eigenvalue weighted by molar-refractivity contribution is 6.00. The topological polar surface area (TPSA) is 66.9 Å². The Morgan fingerprint density at radius 3 is 2.86 bits per heavy atom. The van der Waals surface area contributed by atoms with Crippen molar-refractivity contribution in [3.8, 4) is 0 Å². The van der Waals surface area contributed by atoms with Crippen LogP contribution in [0.4, 0.5) is 31.7 Å². The molecule has 1 aromatic carbocycles. The second-order valence-electron chi connectivity index (χ2n) is 10.3. The lowest BCUT2D eigenvalue weighted by atomic mass is 9.83. The van der Waals surface area contributed by atoms with Gasteiger partial charge in [0, 0.05) is 42.9 Å². The second-order valence-corrected chi connectivity index (χ2v) is 10.3. The van der Waals surface area contributed by atoms with E-state index in [4.69, 9.17) is 9.47 Å². The molecule has 5 heterocycles. The maximum atomic E-state index is 14.9. The Morgan fingerprint density at radius 1 is 1.25 bits per heavy atom. The maximum Gasteiger partial charge on any atom is 0.274 e. The number of morpholine rings is 1. The van der Waals surface area contributed by atoms with Gasteiger partial charge in [0.1, 0.15) is 11.9 Å². The predicted octanol–water partition coefficient (Wildman–Crippen LogP) is 4.88. The van der Waals surface area contributed by atoms with Gasteiger partial charge in [-0.05, 0) is 56.9 Å². The minimum atomic E-state index is -3.03. The quantitative estimate of drug-likeness (QED) is 0.648. The van der Waals surface area contributed by atoms with Gasteiger partial charge in [-0.2, -0.15) is 0 Å². The number of halogens is 2. The van der Waals surface area contributed by atoms with Crippen LogP contribution in [0, 0.1) is 5.92 Å². The molecule has 0 spiro atoms. The molecule has 3 saturated heterocycles. The van der Waals surface area contributed by atoms with E-state index in [2.05, 4.69) is 21.3 Å². The van der Waals surface area contributed by atoms with E-state index in [0.717, 1.165) is 36.3 Å². The summed E-state index contributed by atoms with van der Waals surface area (Å²) in [7, 11) is 0. The van der Waals surface area contributed by atoms with Crippen LogP contribution in [0.1, 0.15) is 44.6 Å². The highest BCUT2D eigenvalue weighted by Crippen LogP contribution is 2.44. The molecular weight excluding hydrogens is 466 g/mol. The van der Waals surface area contributed by atoms with Crippen LogP contribution in [-0.2, 0) is 20.8 Å². The number of benzene rings is 1. The second kappa shape index (κ2) is 9.27. The first-order chi connectivity index (χ1) is 17.4. The Kier molecular flexibility index (Phi) is 6.08. The van der Waals surface area contributed by atoms with Gasteiger partial charge in [-0.15, -0.1) is 0 Å². The first-order valence-corrected chi connectivity index (χ1v) is 13.0. The van der Waals surface area contributed by atoms with Gasteiger partial charge in [-0.3, -0.25) is 4.79 Å². The Labute approximate surface area is 209 Å². The van der Waals surface area contributed by atoms with Crippen molar-refractivity contribution in [1.82, 2.24) is 4.98 Å². The molecule has 1 aromatic heterocycles. The number of nitrogens with one attached hydrogen (secondary N) is 1. The third-order valence-electron chi connectivity index (χ3n) is 8.01. The number of carbonyl (C=O) groups is 1. The third-order valence-corrected chi connectivity index (χ3v) is 8.01. The smallest absolute Gasteiger partial charge is 0.274 e. The number of carbonyl (C=O) groups excluding carboxylic acids is 1. The summed E-state index contributed by atoms with van der Waals surface area (Å²) in [4.78, 5) is 22.4. The SMILES string of the molecule is CCO[C@H]1CC[C@H](C(=O)N2Cc3cccnc3Nc3ccc(N4C[C@@H]5CC[C@@H]4CO5)cc32)CC1(F)F. The van der Waals surface area contributed by atoms with E-state index in [9.17, 15) is 13.6 Å². The molecule has 192 valence electrons. The average molecular weight is 499 g/mol. The number of anilines is 4. The Morgan fingerprint density at radius 2 is 2.14 bits per heavy atom. The number of rotatable bonds is 4. The molecule has 1 aliphatic carbocycles. The van der Waals surface area contributed by atoms with Gasteiger partial charge >= 0.3 is 0 Å². The van der Waals surface area contributed by atoms with E-state index in [1.807, 2.05) is 24.3 Å². The van der Waals surface area contributed by atoms with E-state index < -0.39 is 24.4 Å². The van der Waals surface area contributed by atoms with Crippen LogP contribution in [0.3, 0.4) is 0 Å². The van der Waals surface area contributed by atoms with Gasteiger partial charge in [0.2, 0.25) is 5.91 Å². The highest BCUT2D eigenvalue weighted by Gasteiger charge is 2.49. The Hall–Kier alpha value is -2.78. The molecule has 7 rings (SSSR count). The fraction of sp³-hybridized carbons (Fsp3) is 0.556. The zero-order chi connectivity index (χ0) is 24.9. The van der Waals surface area contributed by atoms with Crippen LogP contribution in [-0.4, -0.2) is 54.8 Å². The number of piperidine rings is 1. The van der Waals surface area contributed by atoms with Crippen LogP contribution >= 0.6 is 0 Å². The molecule has 4 fully saturated rings. The van der Waals surface area contributed by atoms with E-state index in [-0.39, 0.29) is 31.6 Å². The van der Waals surface area contributed by atoms with Crippen LogP contribution < -0.4 is 15.1 Å². The fourth-order valence-electron chi connectivity index (χ4n) is 6.12. The molecule has 4 atom stereocenters. The molecular formula is C27H32F2N4O3. The Bertz CT molecular complexity index is 1140. The van der Waals surface area contributed by atoms with E-state index >= 15 is 0 Å². The molecule has 4 aliphatic heterocycles. The van der Waals surface area contributed by atoms with Crippen molar-refractivity contribution in [2.24, 2.45) is 5.92 Å². The molecule has 2 aromatic rings. The number of ether oxygens (including phenoxy) is 2. The number of hydrogen-bond donors (Lipinski definition) is 1. The number of pyridine rings is 1. The minimum Gasteiger partial charge on any atom is -0.374 e. The van der Waals surface area contributed by atoms with Crippen molar-refractivity contribution < 1.29 is 23.0 Å². The lowest BCUT2D eigenvalue weighted by Crippen LogP contribution is -2.54.